The molecule has 147 valence electrons. The molecule has 0 radical (unpaired) electrons. The van der Waals surface area contributed by atoms with Crippen molar-refractivity contribution in [2.24, 2.45) is 0 Å². The van der Waals surface area contributed by atoms with Crippen LogP contribution < -0.4 is 0 Å². The van der Waals surface area contributed by atoms with Gasteiger partial charge in [-0.3, -0.25) is 0 Å². The molecule has 3 nitrogen and oxygen atoms in total. The molecule has 0 N–H and O–H groups in total. The van der Waals surface area contributed by atoms with Gasteiger partial charge >= 0.3 is 154 Å². The van der Waals surface area contributed by atoms with Crippen molar-refractivity contribution in [3.05, 3.63) is 21.5 Å². The van der Waals surface area contributed by atoms with Gasteiger partial charge < -0.3 is 0 Å². The standard InChI is InChI=1S/C5H5.C3H6F3Ge.3C3H8N.Zr/c1-2-4-5-3-1;1-7(2)3(4,5)6;3*1-3-4-2;/h1-3H,4H2;1-2H3;3*3H2,1-2H3;/q;;3*-1;+3. The monoisotopic (exact) mass is 502 g/mol. The fraction of sp³-hybridized carbons (Fsp3) is 0.765. The Morgan fingerprint density at radius 2 is 1.36 bits per heavy atom. The van der Waals surface area contributed by atoms with Gasteiger partial charge in [0.15, 0.2) is 0 Å². The summed E-state index contributed by atoms with van der Waals surface area (Å²) in [6, 6.07) is 0. The Hall–Kier alpha value is 0.576. The van der Waals surface area contributed by atoms with Gasteiger partial charge in [-0.05, 0) is 0 Å². The van der Waals surface area contributed by atoms with E-state index in [9.17, 15) is 13.2 Å². The molecule has 0 fully saturated rings. The third-order valence-corrected chi connectivity index (χ3v) is 82.7. The van der Waals surface area contributed by atoms with Crippen LogP contribution in [0.15, 0.2) is 21.5 Å². The number of halogens is 3. The molecule has 0 unspecified atom stereocenters. The van der Waals surface area contributed by atoms with Gasteiger partial charge in [0.25, 0.3) is 0 Å². The van der Waals surface area contributed by atoms with Gasteiger partial charge in [0.05, 0.1) is 0 Å². The molecule has 1 rings (SSSR count). The minimum atomic E-state index is -5.00. The molecule has 0 bridgehead atoms. The van der Waals surface area contributed by atoms with Crippen molar-refractivity contribution in [2.75, 3.05) is 40.8 Å². The average molecular weight is 502 g/mol. The first-order chi connectivity index (χ1) is 11.4. The summed E-state index contributed by atoms with van der Waals surface area (Å²) in [5, 5.41) is -4.12. The Morgan fingerprint density at radius 1 is 0.960 bits per heavy atom. The van der Waals surface area contributed by atoms with E-state index in [0.29, 0.717) is 26.1 Å². The Kier molecular flexibility index (Phi) is 7.46. The summed E-state index contributed by atoms with van der Waals surface area (Å²) in [5.74, 6) is 3.24. The zero-order valence-electron chi connectivity index (χ0n) is 17.0. The van der Waals surface area contributed by atoms with Crippen LogP contribution >= 0.6 is 0 Å². The Morgan fingerprint density at radius 3 is 1.60 bits per heavy atom. The van der Waals surface area contributed by atoms with Gasteiger partial charge in [0.1, 0.15) is 0 Å². The molecule has 0 atom stereocenters. The molecule has 0 aromatic carbocycles. The van der Waals surface area contributed by atoms with Crippen molar-refractivity contribution >= 4 is 9.48 Å². The summed E-state index contributed by atoms with van der Waals surface area (Å²) in [7, 11) is 1.39. The van der Waals surface area contributed by atoms with Crippen LogP contribution in [0, 0.1) is 0 Å². The van der Waals surface area contributed by atoms with E-state index in [0.717, 1.165) is 3.28 Å². The van der Waals surface area contributed by atoms with Crippen molar-refractivity contribution in [1.29, 1.82) is 0 Å². The summed E-state index contributed by atoms with van der Waals surface area (Å²) >= 11 is -5.00. The summed E-state index contributed by atoms with van der Waals surface area (Å²) in [4.78, 5) is 0. The van der Waals surface area contributed by atoms with Crippen molar-refractivity contribution in [3.8, 4) is 0 Å². The molecule has 0 spiro atoms. The Labute approximate surface area is 153 Å². The van der Waals surface area contributed by atoms with Gasteiger partial charge in [-0.1, -0.05) is 0 Å². The quantitative estimate of drug-likeness (QED) is 0.455. The number of hydrogen-bond donors (Lipinski definition) is 0. The van der Waals surface area contributed by atoms with E-state index >= 15 is 0 Å². The van der Waals surface area contributed by atoms with Crippen LogP contribution in [-0.4, -0.2) is 63.8 Å². The predicted octanol–water partition coefficient (Wildman–Crippen LogP) is 4.43. The number of rotatable bonds is 8. The molecule has 0 aromatic heterocycles. The molecular weight excluding hydrogens is 467 g/mol. The Bertz CT molecular complexity index is 516. The normalized spacial score (nSPS) is 18.2. The third kappa shape index (κ3) is 2.83. The van der Waals surface area contributed by atoms with Gasteiger partial charge in [-0.25, -0.2) is 0 Å². The van der Waals surface area contributed by atoms with Crippen molar-refractivity contribution in [1.82, 2.24) is 8.53 Å². The van der Waals surface area contributed by atoms with Gasteiger partial charge in [0.2, 0.25) is 0 Å². The molecule has 0 heterocycles. The summed E-state index contributed by atoms with van der Waals surface area (Å²) in [6.45, 7) is 7.88. The van der Waals surface area contributed by atoms with Crippen molar-refractivity contribution in [3.63, 3.8) is 0 Å². The van der Waals surface area contributed by atoms with E-state index in [-0.39, 0.29) is 0 Å². The average Bonchev–Trinajstić information content (AvgIpc) is 3.08. The first kappa shape index (κ1) is 23.6. The molecule has 8 heteroatoms. The van der Waals surface area contributed by atoms with E-state index in [4.69, 9.17) is 0 Å². The molecular formula is C17H35F3GeN3Zr. The minimum absolute atomic E-state index is 0.627. The molecule has 0 aromatic rings. The first-order valence-electron chi connectivity index (χ1n) is 9.12. The zero-order valence-corrected chi connectivity index (χ0v) is 21.6. The van der Waals surface area contributed by atoms with E-state index in [1.54, 1.807) is 11.5 Å². The van der Waals surface area contributed by atoms with E-state index < -0.39 is 31.6 Å². The second-order valence-corrected chi connectivity index (χ2v) is 55.6. The Balaban J connectivity index is 4.15. The van der Waals surface area contributed by atoms with Crippen LogP contribution in [0.2, 0.25) is 11.5 Å². The predicted molar refractivity (Wildman–Crippen MR) is 100 cm³/mol. The number of nitrogens with zero attached hydrogens (tertiary/aromatic N) is 3. The first-order valence-corrected chi connectivity index (χ1v) is 26.3. The molecule has 0 saturated carbocycles. The fourth-order valence-electron chi connectivity index (χ4n) is 5.39. The summed E-state index contributed by atoms with van der Waals surface area (Å²) < 4.78 is 51.7. The second-order valence-electron chi connectivity index (χ2n) is 7.59. The summed E-state index contributed by atoms with van der Waals surface area (Å²) in [5.41, 5.74) is 0. The molecule has 0 saturated heterocycles. The van der Waals surface area contributed by atoms with E-state index in [1.807, 2.05) is 60.1 Å². The molecule has 0 amide bonds. The van der Waals surface area contributed by atoms with Crippen LogP contribution in [0.25, 0.3) is 0 Å². The number of allylic oxidation sites excluding steroid dienone is 4. The van der Waals surface area contributed by atoms with Crippen LogP contribution in [0.4, 0.5) is 13.2 Å². The fourth-order valence-corrected chi connectivity index (χ4v) is 90.4. The van der Waals surface area contributed by atoms with Gasteiger partial charge in [-0.2, -0.15) is 0 Å². The molecule has 25 heavy (non-hydrogen) atoms. The zero-order chi connectivity index (χ0) is 19.7. The third-order valence-electron chi connectivity index (χ3n) is 6.81. The van der Waals surface area contributed by atoms with Gasteiger partial charge in [-0.15, -0.1) is 0 Å². The topological polar surface area (TPSA) is 9.72 Å². The van der Waals surface area contributed by atoms with Crippen LogP contribution in [0.5, 0.6) is 0 Å². The maximum atomic E-state index is 14.7. The summed E-state index contributed by atoms with van der Waals surface area (Å²) in [6.07, 6.45) is 6.63. The number of alkyl halides is 3. The van der Waals surface area contributed by atoms with E-state index in [1.165, 1.54) is 0 Å². The molecule has 1 aliphatic rings. The number of hydrogen-bond acceptors (Lipinski definition) is 3. The SMILES string of the molecule is CC[N](C)[Zr]([C]1=CC=CC1)([N](C)CC)([N](C)CC)[Ge]([CH3])([CH3])[C](F)(F)F. The second kappa shape index (κ2) is 7.90. The van der Waals surface area contributed by atoms with Crippen LogP contribution in [0.3, 0.4) is 0 Å². The van der Waals surface area contributed by atoms with Crippen molar-refractivity contribution in [2.45, 2.75) is 43.7 Å². The van der Waals surface area contributed by atoms with Crippen LogP contribution in [-0.2, 0) is 17.1 Å². The van der Waals surface area contributed by atoms with Gasteiger partial charge in [0, 0.05) is 0 Å². The van der Waals surface area contributed by atoms with Crippen LogP contribution in [0.1, 0.15) is 27.2 Å². The molecule has 1 aliphatic carbocycles. The van der Waals surface area contributed by atoms with Crippen molar-refractivity contribution < 1.29 is 30.3 Å². The molecule has 0 aliphatic heterocycles. The maximum absolute atomic E-state index is 14.7. The van der Waals surface area contributed by atoms with E-state index in [2.05, 4.69) is 8.53 Å².